The molecule has 6 aromatic rings. The molecule has 0 heterocycles. The zero-order valence-electron chi connectivity index (χ0n) is 32.4. The lowest BCUT2D eigenvalue weighted by atomic mass is 9.84. The smallest absolute Gasteiger partial charge is 0.407 e. The molecule has 2 amide bonds. The zero-order chi connectivity index (χ0) is 40.3. The van der Waals surface area contributed by atoms with Crippen LogP contribution in [0.1, 0.15) is 39.3 Å². The summed E-state index contributed by atoms with van der Waals surface area (Å²) < 4.78 is 10.8. The highest BCUT2D eigenvalue weighted by molar-refractivity contribution is 8.00. The van der Waals surface area contributed by atoms with E-state index in [9.17, 15) is 14.4 Å². The largest absolute Gasteiger partial charge is 0.460 e. The number of nitrogens with one attached hydrogen (secondary N) is 1. The number of likely N-dealkylation sites (N-methyl/N-ethyl adjacent to an activating group) is 1. The zero-order valence-corrected chi connectivity index (χ0v) is 33.2. The van der Waals surface area contributed by atoms with Gasteiger partial charge in [0.1, 0.15) is 25.3 Å². The fourth-order valence-electron chi connectivity index (χ4n) is 7.79. The van der Waals surface area contributed by atoms with Gasteiger partial charge in [-0.2, -0.15) is 0 Å². The van der Waals surface area contributed by atoms with Crippen molar-refractivity contribution in [3.63, 3.8) is 0 Å². The average molecular weight is 787 g/mol. The highest BCUT2D eigenvalue weighted by Crippen LogP contribution is 2.49. The van der Waals surface area contributed by atoms with Crippen molar-refractivity contribution in [3.8, 4) is 11.1 Å². The van der Waals surface area contributed by atoms with E-state index in [1.54, 1.807) is 7.05 Å². The molecule has 0 saturated heterocycles. The monoisotopic (exact) mass is 786 g/mol. The fourth-order valence-corrected chi connectivity index (χ4v) is 9.34. The molecule has 292 valence electrons. The average Bonchev–Trinajstić information content (AvgIpc) is 3.60. The Labute approximate surface area is 344 Å². The number of alkyl carbamates (subject to hydrolysis) is 1. The molecule has 6 aromatic carbocycles. The lowest BCUT2D eigenvalue weighted by Crippen LogP contribution is -2.54. The number of ether oxygens (including phenoxy) is 2. The molecule has 7 nitrogen and oxygen atoms in total. The van der Waals surface area contributed by atoms with Crippen molar-refractivity contribution in [2.45, 2.75) is 29.2 Å². The van der Waals surface area contributed by atoms with Gasteiger partial charge in [0.15, 0.2) is 0 Å². The quantitative estimate of drug-likeness (QED) is 0.0598. The van der Waals surface area contributed by atoms with Crippen LogP contribution in [0, 0.1) is 0 Å². The lowest BCUT2D eigenvalue weighted by molar-refractivity contribution is -0.153. The third kappa shape index (κ3) is 8.62. The molecule has 0 aliphatic heterocycles. The second-order valence-corrected chi connectivity index (χ2v) is 15.4. The number of hydrogen-bond donors (Lipinski definition) is 1. The summed E-state index contributed by atoms with van der Waals surface area (Å²) in [6.07, 6.45) is 0.979. The van der Waals surface area contributed by atoms with E-state index in [2.05, 4.69) is 72.6 Å². The molecule has 58 heavy (non-hydrogen) atoms. The summed E-state index contributed by atoms with van der Waals surface area (Å²) in [5.74, 6) is -1.06. The van der Waals surface area contributed by atoms with E-state index in [-0.39, 0.29) is 31.3 Å². The Kier molecular flexibility index (Phi) is 12.9. The van der Waals surface area contributed by atoms with E-state index in [0.29, 0.717) is 0 Å². The molecule has 0 spiro atoms. The van der Waals surface area contributed by atoms with E-state index in [4.69, 9.17) is 9.47 Å². The van der Waals surface area contributed by atoms with Crippen LogP contribution in [-0.2, 0) is 30.2 Å². The van der Waals surface area contributed by atoms with Crippen LogP contribution in [0.15, 0.2) is 183 Å². The molecule has 1 aliphatic rings. The number of carbonyl (C=O) groups is 3. The minimum atomic E-state index is -1.10. The maximum atomic E-state index is 14.9. The molecule has 0 aromatic heterocycles. The number of hydrogen-bond acceptors (Lipinski definition) is 6. The first-order chi connectivity index (χ1) is 28.4. The van der Waals surface area contributed by atoms with Gasteiger partial charge in [-0.25, -0.2) is 9.59 Å². The van der Waals surface area contributed by atoms with Crippen molar-refractivity contribution >= 4 is 29.7 Å². The Morgan fingerprint density at radius 1 is 0.690 bits per heavy atom. The van der Waals surface area contributed by atoms with Gasteiger partial charge in [-0.15, -0.1) is 11.8 Å². The minimum absolute atomic E-state index is 0.00280. The van der Waals surface area contributed by atoms with Crippen LogP contribution in [0.2, 0.25) is 0 Å². The molecule has 2 atom stereocenters. The molecular formula is C50H46N2O5S. The molecule has 7 rings (SSSR count). The Hall–Kier alpha value is -6.38. The van der Waals surface area contributed by atoms with E-state index in [1.165, 1.54) is 22.7 Å². The maximum absolute atomic E-state index is 14.9. The molecule has 0 fully saturated rings. The van der Waals surface area contributed by atoms with Crippen molar-refractivity contribution in [3.05, 3.63) is 216 Å². The molecule has 0 bridgehead atoms. The lowest BCUT2D eigenvalue weighted by Gasteiger charge is -2.37. The number of fused-ring (bicyclic) bond motifs is 3. The SMILES string of the molecule is C=CCOC(=O)[C@H](Cc1ccccc1)N(C)C(=O)[C@H](CSC(c1ccccc1)(c1ccccc1)c1ccccc1)NC(=O)OCC1c2ccccc2-c2ccccc21. The van der Waals surface area contributed by atoms with Crippen LogP contribution < -0.4 is 5.32 Å². The van der Waals surface area contributed by atoms with E-state index in [0.717, 1.165) is 44.5 Å². The van der Waals surface area contributed by atoms with Gasteiger partial charge in [0, 0.05) is 25.1 Å². The highest BCUT2D eigenvalue weighted by atomic mass is 32.2. The second-order valence-electron chi connectivity index (χ2n) is 14.2. The minimum Gasteiger partial charge on any atom is -0.460 e. The standard InChI is InChI=1S/C50H46N2O5S/c1-3-32-56-48(54)46(33-36-20-8-4-9-21-36)52(2)47(53)45(51-49(55)57-34-44-42-30-18-16-28-40(42)41-29-17-19-31-43(41)44)35-58-50(37-22-10-5-11-23-37,38-24-12-6-13-25-38)39-26-14-7-15-27-39/h3-31,44-46H,1,32-35H2,2H3,(H,51,55)/t45-,46-/m0/s1. The van der Waals surface area contributed by atoms with Gasteiger partial charge in [0.25, 0.3) is 0 Å². The maximum Gasteiger partial charge on any atom is 0.407 e. The molecule has 0 unspecified atom stereocenters. The van der Waals surface area contributed by atoms with Crippen molar-refractivity contribution in [1.82, 2.24) is 10.2 Å². The summed E-state index contributed by atoms with van der Waals surface area (Å²) in [4.78, 5) is 44.0. The predicted molar refractivity (Wildman–Crippen MR) is 232 cm³/mol. The summed E-state index contributed by atoms with van der Waals surface area (Å²) in [5, 5.41) is 2.96. The molecule has 1 N–H and O–H groups in total. The number of rotatable bonds is 16. The second kappa shape index (κ2) is 18.7. The molecule has 8 heteroatoms. The first-order valence-electron chi connectivity index (χ1n) is 19.4. The van der Waals surface area contributed by atoms with Crippen LogP contribution >= 0.6 is 11.8 Å². The van der Waals surface area contributed by atoms with Gasteiger partial charge < -0.3 is 19.7 Å². The fraction of sp³-hybridized carbons (Fsp3) is 0.180. The van der Waals surface area contributed by atoms with Crippen molar-refractivity contribution in [2.75, 3.05) is 26.0 Å². The van der Waals surface area contributed by atoms with E-state index >= 15 is 0 Å². The Bertz CT molecular complexity index is 2180. The topological polar surface area (TPSA) is 84.9 Å². The molecule has 0 saturated carbocycles. The van der Waals surface area contributed by atoms with E-state index in [1.807, 2.05) is 109 Å². The van der Waals surface area contributed by atoms with Crippen LogP contribution in [0.4, 0.5) is 4.79 Å². The van der Waals surface area contributed by atoms with Gasteiger partial charge >= 0.3 is 12.1 Å². The van der Waals surface area contributed by atoms with Gasteiger partial charge in [0.2, 0.25) is 5.91 Å². The van der Waals surface area contributed by atoms with Gasteiger partial charge in [-0.1, -0.05) is 183 Å². The molecular weight excluding hydrogens is 741 g/mol. The van der Waals surface area contributed by atoms with Gasteiger partial charge in [-0.05, 0) is 44.5 Å². The van der Waals surface area contributed by atoms with Gasteiger partial charge in [-0.3, -0.25) is 4.79 Å². The summed E-state index contributed by atoms with van der Waals surface area (Å²) in [6.45, 7) is 3.76. The predicted octanol–water partition coefficient (Wildman–Crippen LogP) is 9.42. The van der Waals surface area contributed by atoms with Crippen molar-refractivity contribution in [2.24, 2.45) is 0 Å². The number of esters is 1. The third-order valence-corrected chi connectivity index (χ3v) is 12.3. The van der Waals surface area contributed by atoms with Crippen LogP contribution in [0.5, 0.6) is 0 Å². The summed E-state index contributed by atoms with van der Waals surface area (Å²) in [6, 6.07) is 54.2. The number of benzene rings is 6. The van der Waals surface area contributed by atoms with Crippen molar-refractivity contribution in [1.29, 1.82) is 0 Å². The Morgan fingerprint density at radius 2 is 1.16 bits per heavy atom. The molecule has 1 aliphatic carbocycles. The Balaban J connectivity index is 1.22. The highest BCUT2D eigenvalue weighted by Gasteiger charge is 2.40. The first kappa shape index (κ1) is 39.8. The third-order valence-electron chi connectivity index (χ3n) is 10.6. The number of carbonyl (C=O) groups excluding carboxylic acids is 3. The summed E-state index contributed by atoms with van der Waals surface area (Å²) >= 11 is 1.54. The molecule has 0 radical (unpaired) electrons. The summed E-state index contributed by atoms with van der Waals surface area (Å²) in [5.41, 5.74) is 8.28. The number of thioether (sulfide) groups is 1. The van der Waals surface area contributed by atoms with Crippen molar-refractivity contribution < 1.29 is 23.9 Å². The Morgan fingerprint density at radius 3 is 1.66 bits per heavy atom. The van der Waals surface area contributed by atoms with Gasteiger partial charge in [0.05, 0.1) is 4.75 Å². The first-order valence-corrected chi connectivity index (χ1v) is 20.4. The van der Waals surface area contributed by atoms with Crippen LogP contribution in [0.3, 0.4) is 0 Å². The van der Waals surface area contributed by atoms with Crippen LogP contribution in [0.25, 0.3) is 11.1 Å². The van der Waals surface area contributed by atoms with Crippen LogP contribution in [-0.4, -0.2) is 61.0 Å². The van der Waals surface area contributed by atoms with E-state index < -0.39 is 34.8 Å². The number of amides is 2. The summed E-state index contributed by atoms with van der Waals surface area (Å²) in [7, 11) is 1.58. The normalized spacial score (nSPS) is 13.0. The number of nitrogens with zero attached hydrogens (tertiary/aromatic N) is 1.